The second-order valence-electron chi connectivity index (χ2n) is 4.04. The smallest absolute Gasteiger partial charge is 0.273 e. The van der Waals surface area contributed by atoms with Gasteiger partial charge in [0.1, 0.15) is 0 Å². The number of nitrogens with one attached hydrogen (secondary N) is 2. The monoisotopic (exact) mass is 238 g/mol. The molecule has 17 heavy (non-hydrogen) atoms. The van der Waals surface area contributed by atoms with Gasteiger partial charge in [-0.2, -0.15) is 5.10 Å². The second-order valence-corrected chi connectivity index (χ2v) is 4.04. The molecule has 2 heterocycles. The van der Waals surface area contributed by atoms with Crippen molar-refractivity contribution in [3.63, 3.8) is 0 Å². The van der Waals surface area contributed by atoms with Crippen LogP contribution >= 0.6 is 0 Å². The topological polar surface area (TPSA) is 68.2 Å². The van der Waals surface area contributed by atoms with Crippen LogP contribution < -0.4 is 10.6 Å². The van der Waals surface area contributed by atoms with Gasteiger partial charge in [-0.1, -0.05) is 0 Å². The third-order valence-corrected chi connectivity index (χ3v) is 3.01. The molecule has 1 fully saturated rings. The van der Waals surface area contributed by atoms with E-state index in [1.807, 2.05) is 10.9 Å². The van der Waals surface area contributed by atoms with Gasteiger partial charge in [0, 0.05) is 33.5 Å². The molecule has 1 aromatic heterocycles. The summed E-state index contributed by atoms with van der Waals surface area (Å²) in [7, 11) is 3.40. The number of aromatic nitrogens is 2. The Kier molecular flexibility index (Phi) is 3.63. The minimum absolute atomic E-state index is 0.167. The fourth-order valence-electron chi connectivity index (χ4n) is 2.00. The van der Waals surface area contributed by atoms with Crippen LogP contribution in [0.4, 0.5) is 5.69 Å². The molecule has 1 aromatic rings. The number of hydrogen-bond acceptors (Lipinski definition) is 4. The first-order valence-electron chi connectivity index (χ1n) is 5.83. The summed E-state index contributed by atoms with van der Waals surface area (Å²) in [5.41, 5.74) is 1.21. The van der Waals surface area contributed by atoms with Gasteiger partial charge >= 0.3 is 0 Å². The van der Waals surface area contributed by atoms with Crippen molar-refractivity contribution in [2.75, 3.05) is 32.6 Å². The summed E-state index contributed by atoms with van der Waals surface area (Å²) in [5.74, 6) is -0.167. The van der Waals surface area contributed by atoms with Crippen molar-refractivity contribution in [2.24, 2.45) is 0 Å². The normalized spacial score (nSPS) is 16.8. The number of anilines is 1. The van der Waals surface area contributed by atoms with Gasteiger partial charge in [-0.15, -0.1) is 0 Å². The Labute approximate surface area is 100 Å². The van der Waals surface area contributed by atoms with E-state index in [0.29, 0.717) is 11.7 Å². The number of carbonyl (C=O) groups is 1. The highest BCUT2D eigenvalue weighted by Gasteiger charge is 2.21. The van der Waals surface area contributed by atoms with Crippen LogP contribution in [0.25, 0.3) is 0 Å². The van der Waals surface area contributed by atoms with Crippen LogP contribution in [0.3, 0.4) is 0 Å². The first kappa shape index (κ1) is 11.9. The third kappa shape index (κ3) is 2.41. The number of hydrogen-bond donors (Lipinski definition) is 2. The molecule has 0 radical (unpaired) electrons. The molecule has 0 spiro atoms. The van der Waals surface area contributed by atoms with E-state index in [1.165, 1.54) is 0 Å². The molecular weight excluding hydrogens is 220 g/mol. The van der Waals surface area contributed by atoms with Crippen molar-refractivity contribution in [3.05, 3.63) is 11.9 Å². The van der Waals surface area contributed by atoms with Gasteiger partial charge in [0.25, 0.3) is 5.91 Å². The van der Waals surface area contributed by atoms with Crippen LogP contribution in [0.5, 0.6) is 0 Å². The number of carbonyl (C=O) groups excluding carboxylic acids is 1. The standard InChI is InChI=1S/C11H18N4O2/c1-12-9-7-15(8-3-5-17-6-4-8)14-10(9)11(16)13-2/h7-8,12H,3-6H2,1-2H3,(H,13,16). The minimum atomic E-state index is -0.167. The lowest BCUT2D eigenvalue weighted by Crippen LogP contribution is -2.22. The van der Waals surface area contributed by atoms with E-state index in [9.17, 15) is 4.79 Å². The fraction of sp³-hybridized carbons (Fsp3) is 0.636. The molecule has 0 unspecified atom stereocenters. The van der Waals surface area contributed by atoms with Crippen LogP contribution in [0, 0.1) is 0 Å². The van der Waals surface area contributed by atoms with Gasteiger partial charge in [0.2, 0.25) is 0 Å². The fourth-order valence-corrected chi connectivity index (χ4v) is 2.00. The van der Waals surface area contributed by atoms with E-state index in [0.717, 1.165) is 31.7 Å². The summed E-state index contributed by atoms with van der Waals surface area (Å²) >= 11 is 0. The van der Waals surface area contributed by atoms with E-state index in [2.05, 4.69) is 15.7 Å². The van der Waals surface area contributed by atoms with Crippen molar-refractivity contribution in [1.82, 2.24) is 15.1 Å². The Morgan fingerprint density at radius 3 is 2.76 bits per heavy atom. The predicted molar refractivity (Wildman–Crippen MR) is 64.3 cm³/mol. The minimum Gasteiger partial charge on any atom is -0.385 e. The molecule has 6 heteroatoms. The van der Waals surface area contributed by atoms with Gasteiger partial charge in [-0.3, -0.25) is 9.48 Å². The molecule has 0 bridgehead atoms. The SMILES string of the molecule is CNC(=O)c1nn(C2CCOCC2)cc1NC. The summed E-state index contributed by atoms with van der Waals surface area (Å²) in [6.45, 7) is 1.52. The summed E-state index contributed by atoms with van der Waals surface area (Å²) in [6, 6.07) is 0.328. The lowest BCUT2D eigenvalue weighted by molar-refractivity contribution is 0.0660. The number of amides is 1. The van der Waals surface area contributed by atoms with E-state index in [-0.39, 0.29) is 5.91 Å². The zero-order valence-corrected chi connectivity index (χ0v) is 10.2. The Bertz CT molecular complexity index is 396. The maximum atomic E-state index is 11.6. The zero-order valence-electron chi connectivity index (χ0n) is 10.2. The molecular formula is C11H18N4O2. The Morgan fingerprint density at radius 2 is 2.18 bits per heavy atom. The van der Waals surface area contributed by atoms with Gasteiger partial charge in [-0.05, 0) is 12.8 Å². The molecule has 0 aromatic carbocycles. The van der Waals surface area contributed by atoms with Crippen molar-refractivity contribution >= 4 is 11.6 Å². The van der Waals surface area contributed by atoms with Gasteiger partial charge in [0.05, 0.1) is 11.7 Å². The van der Waals surface area contributed by atoms with Gasteiger partial charge < -0.3 is 15.4 Å². The Balaban J connectivity index is 2.23. The lowest BCUT2D eigenvalue weighted by Gasteiger charge is -2.22. The first-order chi connectivity index (χ1) is 8.26. The average Bonchev–Trinajstić information content (AvgIpc) is 2.83. The van der Waals surface area contributed by atoms with Crippen molar-refractivity contribution in [2.45, 2.75) is 18.9 Å². The van der Waals surface area contributed by atoms with Crippen LogP contribution in [-0.2, 0) is 4.74 Å². The zero-order chi connectivity index (χ0) is 12.3. The number of rotatable bonds is 3. The quantitative estimate of drug-likeness (QED) is 0.810. The van der Waals surface area contributed by atoms with Crippen LogP contribution in [-0.4, -0.2) is 43.0 Å². The summed E-state index contributed by atoms with van der Waals surface area (Å²) in [6.07, 6.45) is 3.77. The molecule has 2 N–H and O–H groups in total. The highest BCUT2D eigenvalue weighted by atomic mass is 16.5. The summed E-state index contributed by atoms with van der Waals surface area (Å²) in [4.78, 5) is 11.6. The molecule has 1 amide bonds. The van der Waals surface area contributed by atoms with Crippen molar-refractivity contribution in [1.29, 1.82) is 0 Å². The van der Waals surface area contributed by atoms with Crippen LogP contribution in [0.15, 0.2) is 6.20 Å². The van der Waals surface area contributed by atoms with Gasteiger partial charge in [-0.25, -0.2) is 0 Å². The molecule has 1 aliphatic heterocycles. The Hall–Kier alpha value is -1.56. The molecule has 1 saturated heterocycles. The van der Waals surface area contributed by atoms with E-state index < -0.39 is 0 Å². The Morgan fingerprint density at radius 1 is 1.47 bits per heavy atom. The lowest BCUT2D eigenvalue weighted by atomic mass is 10.1. The molecule has 94 valence electrons. The highest BCUT2D eigenvalue weighted by Crippen LogP contribution is 2.23. The van der Waals surface area contributed by atoms with E-state index >= 15 is 0 Å². The largest absolute Gasteiger partial charge is 0.385 e. The first-order valence-corrected chi connectivity index (χ1v) is 5.83. The maximum Gasteiger partial charge on any atom is 0.273 e. The van der Waals surface area contributed by atoms with Crippen molar-refractivity contribution in [3.8, 4) is 0 Å². The second kappa shape index (κ2) is 5.18. The number of nitrogens with zero attached hydrogens (tertiary/aromatic N) is 2. The van der Waals surface area contributed by atoms with Crippen molar-refractivity contribution < 1.29 is 9.53 Å². The third-order valence-electron chi connectivity index (χ3n) is 3.01. The summed E-state index contributed by atoms with van der Waals surface area (Å²) in [5, 5.41) is 9.95. The van der Waals surface area contributed by atoms with Gasteiger partial charge in [0.15, 0.2) is 5.69 Å². The molecule has 1 aliphatic rings. The highest BCUT2D eigenvalue weighted by molar-refractivity contribution is 5.97. The molecule has 0 aliphatic carbocycles. The molecule has 2 rings (SSSR count). The molecule has 6 nitrogen and oxygen atoms in total. The predicted octanol–water partition coefficient (Wildman–Crippen LogP) is 0.636. The average molecular weight is 238 g/mol. The molecule has 0 saturated carbocycles. The summed E-state index contributed by atoms with van der Waals surface area (Å²) < 4.78 is 7.19. The van der Waals surface area contributed by atoms with Crippen LogP contribution in [0.1, 0.15) is 29.4 Å². The van der Waals surface area contributed by atoms with E-state index in [1.54, 1.807) is 14.1 Å². The number of ether oxygens (including phenoxy) is 1. The van der Waals surface area contributed by atoms with E-state index in [4.69, 9.17) is 4.74 Å². The van der Waals surface area contributed by atoms with Crippen LogP contribution in [0.2, 0.25) is 0 Å². The maximum absolute atomic E-state index is 11.6. The molecule has 0 atom stereocenters.